The number of piperidine rings is 1. The Morgan fingerprint density at radius 2 is 1.79 bits per heavy atom. The van der Waals surface area contributed by atoms with Crippen LogP contribution in [0.25, 0.3) is 0 Å². The number of carbonyl (C=O) groups excluding carboxylic acids is 1. The summed E-state index contributed by atoms with van der Waals surface area (Å²) < 4.78 is 34.5. The van der Waals surface area contributed by atoms with E-state index in [-0.39, 0.29) is 17.0 Å². The van der Waals surface area contributed by atoms with Gasteiger partial charge in [0.25, 0.3) is 10.0 Å². The molecule has 0 radical (unpaired) electrons. The fraction of sp³-hybridized carbons (Fsp3) is 0.545. The first-order chi connectivity index (χ1) is 15.7. The summed E-state index contributed by atoms with van der Waals surface area (Å²) in [6.07, 6.45) is 7.84. The van der Waals surface area contributed by atoms with E-state index in [1.165, 1.54) is 17.1 Å². The first-order valence-electron chi connectivity index (χ1n) is 11.1. The van der Waals surface area contributed by atoms with Crippen molar-refractivity contribution in [1.29, 1.82) is 0 Å². The molecule has 8 nitrogen and oxygen atoms in total. The summed E-state index contributed by atoms with van der Waals surface area (Å²) in [6.45, 7) is 1.86. The second-order valence-corrected chi connectivity index (χ2v) is 11.2. The second kappa shape index (κ2) is 10.2. The predicted molar refractivity (Wildman–Crippen MR) is 126 cm³/mol. The number of nitrogens with one attached hydrogen (secondary N) is 1. The molecule has 1 saturated carbocycles. The normalized spacial score (nSPS) is 22.8. The first kappa shape index (κ1) is 24.3. The Kier molecular flexibility index (Phi) is 7.53. The van der Waals surface area contributed by atoms with Gasteiger partial charge in [0.2, 0.25) is 5.91 Å². The third-order valence-electron chi connectivity index (χ3n) is 6.45. The highest BCUT2D eigenvalue weighted by Gasteiger charge is 2.33. The number of halogens is 2. The van der Waals surface area contributed by atoms with Crippen LogP contribution in [-0.2, 0) is 21.9 Å². The number of hydrogen-bond acceptors (Lipinski definition) is 6. The molecule has 33 heavy (non-hydrogen) atoms. The molecule has 11 heteroatoms. The highest BCUT2D eigenvalue weighted by molar-refractivity contribution is 7.90. The quantitative estimate of drug-likeness (QED) is 0.632. The van der Waals surface area contributed by atoms with E-state index in [4.69, 9.17) is 27.9 Å². The molecule has 2 aliphatic rings. The van der Waals surface area contributed by atoms with Crippen LogP contribution in [0.1, 0.15) is 38.5 Å². The molecule has 0 bridgehead atoms. The van der Waals surface area contributed by atoms with E-state index >= 15 is 0 Å². The van der Waals surface area contributed by atoms with Gasteiger partial charge in [0.05, 0.1) is 16.4 Å². The van der Waals surface area contributed by atoms with Crippen LogP contribution in [0, 0.1) is 5.92 Å². The van der Waals surface area contributed by atoms with Crippen molar-refractivity contribution >= 4 is 39.1 Å². The van der Waals surface area contributed by atoms with E-state index < -0.39 is 15.9 Å². The van der Waals surface area contributed by atoms with Crippen molar-refractivity contribution < 1.29 is 17.9 Å². The Morgan fingerprint density at radius 1 is 1.09 bits per heavy atom. The van der Waals surface area contributed by atoms with Crippen LogP contribution in [0.4, 0.5) is 0 Å². The number of ether oxygens (including phenoxy) is 1. The van der Waals surface area contributed by atoms with Gasteiger partial charge in [-0.25, -0.2) is 9.71 Å². The maximum atomic E-state index is 12.6. The molecule has 4 rings (SSSR count). The van der Waals surface area contributed by atoms with Crippen LogP contribution in [0.5, 0.6) is 5.75 Å². The number of rotatable bonds is 6. The zero-order valence-electron chi connectivity index (χ0n) is 18.4. The van der Waals surface area contributed by atoms with Gasteiger partial charge in [0.15, 0.2) is 5.03 Å². The van der Waals surface area contributed by atoms with Gasteiger partial charge in [-0.15, -0.1) is 0 Å². The Labute approximate surface area is 204 Å². The van der Waals surface area contributed by atoms with Crippen LogP contribution in [0.3, 0.4) is 0 Å². The molecule has 1 aromatic heterocycles. The number of carbonyl (C=O) groups is 1. The molecule has 1 amide bonds. The zero-order valence-corrected chi connectivity index (χ0v) is 20.7. The van der Waals surface area contributed by atoms with Crippen LogP contribution < -0.4 is 9.46 Å². The van der Waals surface area contributed by atoms with Gasteiger partial charge < -0.3 is 14.2 Å². The van der Waals surface area contributed by atoms with Crippen molar-refractivity contribution in [1.82, 2.24) is 19.2 Å². The summed E-state index contributed by atoms with van der Waals surface area (Å²) in [5, 5.41) is 0.857. The molecule has 1 N–H and O–H groups in total. The topological polar surface area (TPSA) is 93.5 Å². The Hall–Kier alpha value is -1.81. The Balaban J connectivity index is 1.22. The lowest BCUT2D eigenvalue weighted by Gasteiger charge is -2.40. The molecule has 1 aliphatic heterocycles. The van der Waals surface area contributed by atoms with Gasteiger partial charge in [-0.2, -0.15) is 8.42 Å². The number of benzene rings is 1. The van der Waals surface area contributed by atoms with Crippen molar-refractivity contribution in [3.05, 3.63) is 40.8 Å². The molecule has 0 unspecified atom stereocenters. The van der Waals surface area contributed by atoms with Crippen molar-refractivity contribution in [3.63, 3.8) is 0 Å². The van der Waals surface area contributed by atoms with E-state index in [9.17, 15) is 13.2 Å². The van der Waals surface area contributed by atoms with Crippen molar-refractivity contribution in [2.75, 3.05) is 13.1 Å². The average molecular weight is 515 g/mol. The monoisotopic (exact) mass is 514 g/mol. The van der Waals surface area contributed by atoms with Crippen LogP contribution in [0.2, 0.25) is 10.0 Å². The minimum absolute atomic E-state index is 0.136. The molecule has 2 fully saturated rings. The second-order valence-electron chi connectivity index (χ2n) is 8.78. The summed E-state index contributed by atoms with van der Waals surface area (Å²) in [4.78, 5) is 18.9. The van der Waals surface area contributed by atoms with Gasteiger partial charge >= 0.3 is 0 Å². The SMILES string of the molecule is Cn1cnc(S(=O)(=O)NC(=O)C2CCC(N3CCC(Oc4ccc(Cl)c(Cl)c4)CC3)CC2)c1. The fourth-order valence-corrected chi connectivity index (χ4v) is 5.92. The minimum atomic E-state index is -3.93. The summed E-state index contributed by atoms with van der Waals surface area (Å²) >= 11 is 12.0. The summed E-state index contributed by atoms with van der Waals surface area (Å²) in [7, 11) is -2.25. The number of aromatic nitrogens is 2. The van der Waals surface area contributed by atoms with Gasteiger partial charge in [0.1, 0.15) is 11.9 Å². The molecule has 1 aromatic carbocycles. The number of amides is 1. The fourth-order valence-electron chi connectivity index (χ4n) is 4.60. The molecular formula is C22H28Cl2N4O4S. The highest BCUT2D eigenvalue weighted by atomic mass is 35.5. The number of nitrogens with zero attached hydrogens (tertiary/aromatic N) is 3. The Bertz CT molecular complexity index is 1090. The maximum Gasteiger partial charge on any atom is 0.283 e. The third-order valence-corrected chi connectivity index (χ3v) is 8.42. The lowest BCUT2D eigenvalue weighted by Crippen LogP contribution is -2.46. The molecule has 180 valence electrons. The standard InChI is InChI=1S/C22H28Cl2N4O4S/c1-27-13-21(25-14-27)33(30,31)26-22(29)15-2-4-16(5-3-15)28-10-8-17(9-11-28)32-18-6-7-19(23)20(24)12-18/h6-7,12-17H,2-5,8-11H2,1H3,(H,26,29). The lowest BCUT2D eigenvalue weighted by atomic mass is 9.84. The van der Waals surface area contributed by atoms with Crippen molar-refractivity contribution in [2.45, 2.75) is 55.7 Å². The lowest BCUT2D eigenvalue weighted by molar-refractivity contribution is -0.124. The summed E-state index contributed by atoms with van der Waals surface area (Å²) in [6, 6.07) is 5.73. The van der Waals surface area contributed by atoms with Crippen LogP contribution in [0.15, 0.2) is 35.7 Å². The number of likely N-dealkylation sites (tertiary alicyclic amines) is 1. The number of sulfonamides is 1. The highest BCUT2D eigenvalue weighted by Crippen LogP contribution is 2.31. The van der Waals surface area contributed by atoms with E-state index in [1.54, 1.807) is 19.2 Å². The van der Waals surface area contributed by atoms with Crippen LogP contribution >= 0.6 is 23.2 Å². The molecule has 0 spiro atoms. The van der Waals surface area contributed by atoms with Crippen molar-refractivity contribution in [3.8, 4) is 5.75 Å². The van der Waals surface area contributed by atoms with Gasteiger partial charge in [-0.1, -0.05) is 23.2 Å². The maximum absolute atomic E-state index is 12.6. The van der Waals surface area contributed by atoms with E-state index in [0.717, 1.165) is 44.5 Å². The molecular weight excluding hydrogens is 487 g/mol. The number of imidazole rings is 1. The molecule has 2 heterocycles. The largest absolute Gasteiger partial charge is 0.490 e. The number of hydrogen-bond donors (Lipinski definition) is 1. The minimum Gasteiger partial charge on any atom is -0.490 e. The molecule has 1 saturated heterocycles. The molecule has 2 aromatic rings. The van der Waals surface area contributed by atoms with Gasteiger partial charge in [-0.05, 0) is 50.7 Å². The summed E-state index contributed by atoms with van der Waals surface area (Å²) in [5.74, 6) is -0.00174. The number of aryl methyl sites for hydroxylation is 1. The smallest absolute Gasteiger partial charge is 0.283 e. The average Bonchev–Trinajstić information content (AvgIpc) is 3.24. The van der Waals surface area contributed by atoms with Crippen LogP contribution in [-0.4, -0.2) is 54.0 Å². The Morgan fingerprint density at radius 3 is 2.39 bits per heavy atom. The van der Waals surface area contributed by atoms with Gasteiger partial charge in [-0.3, -0.25) is 4.79 Å². The molecule has 0 atom stereocenters. The van der Waals surface area contributed by atoms with E-state index in [1.807, 2.05) is 6.07 Å². The molecule has 1 aliphatic carbocycles. The van der Waals surface area contributed by atoms with Crippen molar-refractivity contribution in [2.24, 2.45) is 13.0 Å². The third kappa shape index (κ3) is 6.01. The zero-order chi connectivity index (χ0) is 23.6. The first-order valence-corrected chi connectivity index (χ1v) is 13.4. The summed E-state index contributed by atoms with van der Waals surface area (Å²) in [5.41, 5.74) is 0. The predicted octanol–water partition coefficient (Wildman–Crippen LogP) is 3.63. The van der Waals surface area contributed by atoms with E-state index in [2.05, 4.69) is 14.6 Å². The van der Waals surface area contributed by atoms with Gasteiger partial charge in [0, 0.05) is 44.4 Å². The van der Waals surface area contributed by atoms with E-state index in [0.29, 0.717) is 28.9 Å².